The van der Waals surface area contributed by atoms with Gasteiger partial charge in [-0.3, -0.25) is 0 Å². The first-order chi connectivity index (χ1) is 7.48. The number of alkyl halides is 1. The summed E-state index contributed by atoms with van der Waals surface area (Å²) in [6.45, 7) is 5.10. The van der Waals surface area contributed by atoms with E-state index >= 15 is 0 Å². The van der Waals surface area contributed by atoms with Gasteiger partial charge in [-0.05, 0) is 26.7 Å². The van der Waals surface area contributed by atoms with E-state index in [9.17, 15) is 8.42 Å². The number of nitrogens with zero attached hydrogens (tertiary/aromatic N) is 1. The van der Waals surface area contributed by atoms with E-state index in [1.165, 1.54) is 0 Å². The number of halogens is 1. The van der Waals surface area contributed by atoms with Crippen molar-refractivity contribution >= 4 is 21.6 Å². The Hall–Kier alpha value is 0.160. The summed E-state index contributed by atoms with van der Waals surface area (Å²) in [7, 11) is -3.09. The van der Waals surface area contributed by atoms with E-state index in [-0.39, 0.29) is 11.4 Å². The van der Waals surface area contributed by atoms with Crippen molar-refractivity contribution in [3.05, 3.63) is 0 Å². The second kappa shape index (κ2) is 6.19. The molecule has 0 aromatic rings. The molecule has 0 aliphatic carbocycles. The lowest BCUT2D eigenvalue weighted by Gasteiger charge is -2.32. The van der Waals surface area contributed by atoms with Gasteiger partial charge in [-0.15, -0.1) is 11.6 Å². The normalized spacial score (nSPS) is 20.5. The maximum Gasteiger partial charge on any atom is 0.216 e. The average molecular weight is 270 g/mol. The molecule has 0 saturated carbocycles. The van der Waals surface area contributed by atoms with E-state index in [4.69, 9.17) is 16.3 Å². The van der Waals surface area contributed by atoms with Crippen LogP contribution in [0.2, 0.25) is 0 Å². The number of hydrogen-bond donors (Lipinski definition) is 0. The summed E-state index contributed by atoms with van der Waals surface area (Å²) in [6, 6.07) is 0. The molecule has 1 fully saturated rings. The third-order valence-electron chi connectivity index (χ3n) is 2.79. The van der Waals surface area contributed by atoms with Crippen LogP contribution < -0.4 is 0 Å². The predicted molar refractivity (Wildman–Crippen MR) is 65.3 cm³/mol. The van der Waals surface area contributed by atoms with Gasteiger partial charge in [0.1, 0.15) is 0 Å². The molecule has 0 amide bonds. The maximum atomic E-state index is 11.9. The highest BCUT2D eigenvalue weighted by atomic mass is 35.5. The van der Waals surface area contributed by atoms with Gasteiger partial charge in [0.05, 0.1) is 18.0 Å². The highest BCUT2D eigenvalue weighted by Crippen LogP contribution is 2.19. The largest absolute Gasteiger partial charge is 0.377 e. The number of sulfonamides is 1. The standard InChI is InChI=1S/C10H20ClNO3S/c1-9(2)16(13,14)12-6-3-10(4-7-12)15-8-5-11/h9-10H,3-8H2,1-2H3. The third-order valence-corrected chi connectivity index (χ3v) is 5.22. The predicted octanol–water partition coefficient (Wildman–Crippen LogP) is 1.44. The zero-order valence-electron chi connectivity index (χ0n) is 9.86. The number of ether oxygens (including phenoxy) is 1. The molecular weight excluding hydrogens is 250 g/mol. The molecule has 0 radical (unpaired) electrons. The van der Waals surface area contributed by atoms with Crippen LogP contribution in [0.4, 0.5) is 0 Å². The van der Waals surface area contributed by atoms with E-state index in [0.29, 0.717) is 25.6 Å². The van der Waals surface area contributed by atoms with Crippen molar-refractivity contribution < 1.29 is 13.2 Å². The molecule has 0 spiro atoms. The molecule has 0 atom stereocenters. The minimum Gasteiger partial charge on any atom is -0.377 e. The lowest BCUT2D eigenvalue weighted by Crippen LogP contribution is -2.43. The van der Waals surface area contributed by atoms with Crippen molar-refractivity contribution in [3.63, 3.8) is 0 Å². The van der Waals surface area contributed by atoms with Crippen LogP contribution in [0.3, 0.4) is 0 Å². The van der Waals surface area contributed by atoms with E-state index in [1.54, 1.807) is 18.2 Å². The first-order valence-electron chi connectivity index (χ1n) is 5.65. The highest BCUT2D eigenvalue weighted by molar-refractivity contribution is 7.89. The Morgan fingerprint density at radius 2 is 1.94 bits per heavy atom. The summed E-state index contributed by atoms with van der Waals surface area (Å²) in [5.74, 6) is 0.491. The molecule has 0 aromatic carbocycles. The lowest BCUT2D eigenvalue weighted by atomic mass is 10.1. The lowest BCUT2D eigenvalue weighted by molar-refractivity contribution is 0.0300. The average Bonchev–Trinajstić information content (AvgIpc) is 2.26. The highest BCUT2D eigenvalue weighted by Gasteiger charge is 2.30. The van der Waals surface area contributed by atoms with Crippen LogP contribution >= 0.6 is 11.6 Å². The summed E-state index contributed by atoms with van der Waals surface area (Å²) in [5.41, 5.74) is 0. The van der Waals surface area contributed by atoms with Crippen LogP contribution in [-0.4, -0.2) is 49.7 Å². The fourth-order valence-corrected chi connectivity index (χ4v) is 3.17. The van der Waals surface area contributed by atoms with Gasteiger partial charge in [-0.25, -0.2) is 12.7 Å². The monoisotopic (exact) mass is 269 g/mol. The molecule has 16 heavy (non-hydrogen) atoms. The molecule has 0 unspecified atom stereocenters. The fourth-order valence-electron chi connectivity index (χ4n) is 1.76. The van der Waals surface area contributed by atoms with Crippen LogP contribution in [0.1, 0.15) is 26.7 Å². The molecule has 1 aliphatic rings. The maximum absolute atomic E-state index is 11.9. The minimum absolute atomic E-state index is 0.164. The quantitative estimate of drug-likeness (QED) is 0.710. The Labute approximate surface area is 103 Å². The molecule has 6 heteroatoms. The van der Waals surface area contributed by atoms with Gasteiger partial charge in [-0.2, -0.15) is 0 Å². The van der Waals surface area contributed by atoms with Crippen molar-refractivity contribution in [2.45, 2.75) is 38.0 Å². The topological polar surface area (TPSA) is 46.6 Å². The molecule has 1 rings (SSSR count). The SMILES string of the molecule is CC(C)S(=O)(=O)N1CCC(OCCCl)CC1. The van der Waals surface area contributed by atoms with E-state index in [0.717, 1.165) is 12.8 Å². The molecule has 1 aliphatic heterocycles. The van der Waals surface area contributed by atoms with Gasteiger partial charge in [0.2, 0.25) is 10.0 Å². The van der Waals surface area contributed by atoms with E-state index in [1.807, 2.05) is 0 Å². The molecule has 1 heterocycles. The molecular formula is C10H20ClNO3S. The summed E-state index contributed by atoms with van der Waals surface area (Å²) in [4.78, 5) is 0. The first-order valence-corrected chi connectivity index (χ1v) is 7.68. The Bertz CT molecular complexity index is 297. The van der Waals surface area contributed by atoms with Crippen molar-refractivity contribution in [1.82, 2.24) is 4.31 Å². The van der Waals surface area contributed by atoms with Crippen LogP contribution in [0, 0.1) is 0 Å². The Morgan fingerprint density at radius 3 is 2.38 bits per heavy atom. The van der Waals surface area contributed by atoms with Crippen LogP contribution in [0.25, 0.3) is 0 Å². The van der Waals surface area contributed by atoms with Crippen molar-refractivity contribution in [2.24, 2.45) is 0 Å². The van der Waals surface area contributed by atoms with E-state index < -0.39 is 10.0 Å². The summed E-state index contributed by atoms with van der Waals surface area (Å²) in [6.07, 6.45) is 1.70. The molecule has 1 saturated heterocycles. The van der Waals surface area contributed by atoms with Crippen molar-refractivity contribution in [3.8, 4) is 0 Å². The number of rotatable bonds is 5. The molecule has 0 bridgehead atoms. The Balaban J connectivity index is 2.43. The zero-order valence-corrected chi connectivity index (χ0v) is 11.4. The number of hydrogen-bond acceptors (Lipinski definition) is 3. The summed E-state index contributed by atoms with van der Waals surface area (Å²) >= 11 is 5.53. The smallest absolute Gasteiger partial charge is 0.216 e. The van der Waals surface area contributed by atoms with Gasteiger partial charge in [0.15, 0.2) is 0 Å². The minimum atomic E-state index is -3.09. The first kappa shape index (κ1) is 14.2. The van der Waals surface area contributed by atoms with Gasteiger partial charge in [0, 0.05) is 19.0 Å². The van der Waals surface area contributed by atoms with Crippen LogP contribution in [0.15, 0.2) is 0 Å². The van der Waals surface area contributed by atoms with Crippen molar-refractivity contribution in [1.29, 1.82) is 0 Å². The second-order valence-corrected chi connectivity index (χ2v) is 7.12. The zero-order chi connectivity index (χ0) is 12.2. The summed E-state index contributed by atoms with van der Waals surface area (Å²) in [5, 5.41) is -0.340. The summed E-state index contributed by atoms with van der Waals surface area (Å²) < 4.78 is 30.8. The molecule has 96 valence electrons. The van der Waals surface area contributed by atoms with Gasteiger partial charge in [0.25, 0.3) is 0 Å². The number of piperidine rings is 1. The molecule has 4 nitrogen and oxygen atoms in total. The van der Waals surface area contributed by atoms with Gasteiger partial charge < -0.3 is 4.74 Å². The molecule has 0 N–H and O–H groups in total. The van der Waals surface area contributed by atoms with Gasteiger partial charge in [-0.1, -0.05) is 0 Å². The second-order valence-electron chi connectivity index (χ2n) is 4.25. The Kier molecular flexibility index (Phi) is 5.50. The van der Waals surface area contributed by atoms with Gasteiger partial charge >= 0.3 is 0 Å². The Morgan fingerprint density at radius 1 is 1.38 bits per heavy atom. The van der Waals surface area contributed by atoms with Crippen molar-refractivity contribution in [2.75, 3.05) is 25.6 Å². The fraction of sp³-hybridized carbons (Fsp3) is 1.00. The van der Waals surface area contributed by atoms with Crippen LogP contribution in [-0.2, 0) is 14.8 Å². The molecule has 0 aromatic heterocycles. The van der Waals surface area contributed by atoms with E-state index in [2.05, 4.69) is 0 Å². The van der Waals surface area contributed by atoms with Crippen LogP contribution in [0.5, 0.6) is 0 Å². The third kappa shape index (κ3) is 3.58.